The summed E-state index contributed by atoms with van der Waals surface area (Å²) in [5.74, 6) is -0.426. The topological polar surface area (TPSA) is 82.5 Å². The third-order valence-corrected chi connectivity index (χ3v) is 5.27. The standard InChI is InChI=1S/C20H21N3O3/c24-19-16(22-18-15-7-3-1-5-13(15)11-12-21-18)8-4-2-6-14-9-10-17(20(25)26)23(14)19/h1-5,7,11-12,14,16-17H,6,8-10H2,(H,21,22)(H,25,26). The highest BCUT2D eigenvalue weighted by atomic mass is 16.4. The monoisotopic (exact) mass is 351 g/mol. The Morgan fingerprint density at radius 2 is 1.96 bits per heavy atom. The van der Waals surface area contributed by atoms with Gasteiger partial charge in [-0.15, -0.1) is 0 Å². The van der Waals surface area contributed by atoms with Crippen molar-refractivity contribution in [2.75, 3.05) is 5.32 Å². The van der Waals surface area contributed by atoms with Crippen molar-refractivity contribution in [2.24, 2.45) is 0 Å². The van der Waals surface area contributed by atoms with Crippen LogP contribution in [-0.4, -0.2) is 45.0 Å². The number of carbonyl (C=O) groups is 2. The van der Waals surface area contributed by atoms with E-state index in [1.165, 1.54) is 0 Å². The Labute approximate surface area is 151 Å². The fraction of sp³-hybridized carbons (Fsp3) is 0.350. The van der Waals surface area contributed by atoms with Crippen molar-refractivity contribution in [1.82, 2.24) is 9.88 Å². The maximum absolute atomic E-state index is 13.2. The van der Waals surface area contributed by atoms with Crippen molar-refractivity contribution in [1.29, 1.82) is 0 Å². The Balaban J connectivity index is 1.66. The maximum Gasteiger partial charge on any atom is 0.326 e. The number of aliphatic carboxylic acids is 1. The number of amides is 1. The van der Waals surface area contributed by atoms with Gasteiger partial charge in [0, 0.05) is 17.6 Å². The smallest absolute Gasteiger partial charge is 0.326 e. The molecule has 1 amide bonds. The van der Waals surface area contributed by atoms with Gasteiger partial charge >= 0.3 is 5.97 Å². The minimum Gasteiger partial charge on any atom is -0.480 e. The predicted molar refractivity (Wildman–Crippen MR) is 98.8 cm³/mol. The molecule has 2 aliphatic heterocycles. The number of pyridine rings is 1. The number of hydrogen-bond acceptors (Lipinski definition) is 4. The van der Waals surface area contributed by atoms with Crippen molar-refractivity contribution in [3.63, 3.8) is 0 Å². The van der Waals surface area contributed by atoms with E-state index in [0.29, 0.717) is 18.7 Å². The van der Waals surface area contributed by atoms with E-state index in [1.54, 1.807) is 11.1 Å². The van der Waals surface area contributed by atoms with Crippen LogP contribution in [0.3, 0.4) is 0 Å². The number of nitrogens with zero attached hydrogens (tertiary/aromatic N) is 2. The highest BCUT2D eigenvalue weighted by Crippen LogP contribution is 2.31. The number of rotatable bonds is 3. The second-order valence-electron chi connectivity index (χ2n) is 6.85. The molecule has 0 radical (unpaired) electrons. The van der Waals surface area contributed by atoms with E-state index in [1.807, 2.05) is 36.4 Å². The van der Waals surface area contributed by atoms with E-state index in [9.17, 15) is 14.7 Å². The lowest BCUT2D eigenvalue weighted by molar-refractivity contribution is -0.150. The average Bonchev–Trinajstić information content (AvgIpc) is 3.06. The van der Waals surface area contributed by atoms with E-state index in [4.69, 9.17) is 0 Å². The Morgan fingerprint density at radius 1 is 1.15 bits per heavy atom. The molecule has 2 aromatic rings. The average molecular weight is 351 g/mol. The van der Waals surface area contributed by atoms with Gasteiger partial charge in [-0.05, 0) is 37.1 Å². The number of carboxylic acids is 1. The summed E-state index contributed by atoms with van der Waals surface area (Å²) in [6, 6.07) is 8.50. The number of hydrogen-bond donors (Lipinski definition) is 2. The molecule has 134 valence electrons. The number of benzene rings is 1. The molecule has 0 spiro atoms. The molecule has 6 heteroatoms. The molecular formula is C20H21N3O3. The summed E-state index contributed by atoms with van der Waals surface area (Å²) in [6.07, 6.45) is 8.25. The number of carboxylic acid groups (broad SMARTS) is 1. The lowest BCUT2D eigenvalue weighted by Gasteiger charge is -2.33. The summed E-state index contributed by atoms with van der Waals surface area (Å²) in [7, 11) is 0. The molecule has 0 saturated carbocycles. The van der Waals surface area contributed by atoms with Crippen LogP contribution >= 0.6 is 0 Å². The van der Waals surface area contributed by atoms with Crippen molar-refractivity contribution in [3.8, 4) is 0 Å². The summed E-state index contributed by atoms with van der Waals surface area (Å²) in [4.78, 5) is 30.8. The summed E-state index contributed by atoms with van der Waals surface area (Å²) in [5, 5.41) is 14.8. The Morgan fingerprint density at radius 3 is 2.81 bits per heavy atom. The quantitative estimate of drug-likeness (QED) is 0.831. The fourth-order valence-corrected chi connectivity index (χ4v) is 3.98. The first-order valence-corrected chi connectivity index (χ1v) is 8.95. The van der Waals surface area contributed by atoms with Crippen LogP contribution in [0.1, 0.15) is 25.7 Å². The second-order valence-corrected chi connectivity index (χ2v) is 6.85. The van der Waals surface area contributed by atoms with Crippen molar-refractivity contribution in [3.05, 3.63) is 48.7 Å². The van der Waals surface area contributed by atoms with Gasteiger partial charge in [0.25, 0.3) is 0 Å². The summed E-state index contributed by atoms with van der Waals surface area (Å²) in [5.41, 5.74) is 0. The van der Waals surface area contributed by atoms with Crippen molar-refractivity contribution in [2.45, 2.75) is 43.8 Å². The number of fused-ring (bicyclic) bond motifs is 2. The summed E-state index contributed by atoms with van der Waals surface area (Å²) >= 11 is 0. The highest BCUT2D eigenvalue weighted by Gasteiger charge is 2.43. The van der Waals surface area contributed by atoms with Crippen LogP contribution in [0.5, 0.6) is 0 Å². The molecule has 2 aliphatic rings. The molecule has 3 unspecified atom stereocenters. The normalized spacial score (nSPS) is 25.6. The van der Waals surface area contributed by atoms with E-state index in [0.717, 1.165) is 23.6 Å². The van der Waals surface area contributed by atoms with Gasteiger partial charge in [-0.1, -0.05) is 36.4 Å². The van der Waals surface area contributed by atoms with E-state index in [-0.39, 0.29) is 11.9 Å². The lowest BCUT2D eigenvalue weighted by atomic mass is 10.0. The van der Waals surface area contributed by atoms with Crippen LogP contribution in [0.15, 0.2) is 48.7 Å². The molecule has 0 bridgehead atoms. The third-order valence-electron chi connectivity index (χ3n) is 5.27. The van der Waals surface area contributed by atoms with E-state index >= 15 is 0 Å². The number of carbonyl (C=O) groups excluding carboxylic acids is 1. The molecule has 0 aliphatic carbocycles. The van der Waals surface area contributed by atoms with E-state index < -0.39 is 18.1 Å². The molecule has 6 nitrogen and oxygen atoms in total. The van der Waals surface area contributed by atoms with Gasteiger partial charge in [-0.25, -0.2) is 9.78 Å². The first-order chi connectivity index (χ1) is 12.6. The van der Waals surface area contributed by atoms with Crippen LogP contribution < -0.4 is 5.32 Å². The molecule has 3 atom stereocenters. The lowest BCUT2D eigenvalue weighted by Crippen LogP contribution is -2.51. The van der Waals surface area contributed by atoms with Crippen LogP contribution in [0.4, 0.5) is 5.82 Å². The first kappa shape index (κ1) is 16.6. The summed E-state index contributed by atoms with van der Waals surface area (Å²) < 4.78 is 0. The molecule has 1 saturated heterocycles. The summed E-state index contributed by atoms with van der Waals surface area (Å²) in [6.45, 7) is 0. The highest BCUT2D eigenvalue weighted by molar-refractivity contribution is 5.95. The molecule has 4 rings (SSSR count). The van der Waals surface area contributed by atoms with E-state index in [2.05, 4.69) is 16.4 Å². The van der Waals surface area contributed by atoms with Gasteiger partial charge in [0.1, 0.15) is 17.9 Å². The van der Waals surface area contributed by atoms with Gasteiger partial charge in [0.2, 0.25) is 5.91 Å². The van der Waals surface area contributed by atoms with Crippen molar-refractivity contribution < 1.29 is 14.7 Å². The molecule has 2 N–H and O–H groups in total. The van der Waals surface area contributed by atoms with Crippen LogP contribution in [-0.2, 0) is 9.59 Å². The third kappa shape index (κ3) is 2.92. The zero-order valence-corrected chi connectivity index (χ0v) is 14.3. The first-order valence-electron chi connectivity index (χ1n) is 8.95. The molecule has 1 aromatic carbocycles. The predicted octanol–water partition coefficient (Wildman–Crippen LogP) is 2.81. The van der Waals surface area contributed by atoms with Gasteiger partial charge in [0.05, 0.1) is 0 Å². The van der Waals surface area contributed by atoms with Gasteiger partial charge in [-0.3, -0.25) is 4.79 Å². The SMILES string of the molecule is O=C(O)C1CCC2CC=CCC(Nc3nccc4ccccc34)C(=O)N21. The minimum atomic E-state index is -0.924. The Kier molecular flexibility index (Phi) is 4.32. The van der Waals surface area contributed by atoms with Crippen molar-refractivity contribution >= 4 is 28.5 Å². The zero-order chi connectivity index (χ0) is 18.1. The molecule has 3 heterocycles. The number of aromatic nitrogens is 1. The minimum absolute atomic E-state index is 0.0371. The second kappa shape index (κ2) is 6.78. The van der Waals surface area contributed by atoms with Crippen LogP contribution in [0.2, 0.25) is 0 Å². The Hall–Kier alpha value is -2.89. The molecule has 26 heavy (non-hydrogen) atoms. The number of anilines is 1. The van der Waals surface area contributed by atoms with Gasteiger partial charge in [0.15, 0.2) is 0 Å². The molecule has 1 aromatic heterocycles. The van der Waals surface area contributed by atoms with Gasteiger partial charge in [-0.2, -0.15) is 0 Å². The largest absolute Gasteiger partial charge is 0.480 e. The fourth-order valence-electron chi connectivity index (χ4n) is 3.98. The van der Waals surface area contributed by atoms with Gasteiger partial charge < -0.3 is 15.3 Å². The Bertz CT molecular complexity index is 874. The number of nitrogens with one attached hydrogen (secondary N) is 1. The zero-order valence-electron chi connectivity index (χ0n) is 14.3. The van der Waals surface area contributed by atoms with Crippen LogP contribution in [0.25, 0.3) is 10.8 Å². The molecular weight excluding hydrogens is 330 g/mol. The maximum atomic E-state index is 13.2. The molecule has 1 fully saturated rings. The van der Waals surface area contributed by atoms with Crippen LogP contribution in [0, 0.1) is 0 Å².